The normalized spacial score (nSPS) is 20.3. The monoisotopic (exact) mass is 337 g/mol. The molecule has 5 heteroatoms. The predicted molar refractivity (Wildman–Crippen MR) is 95.6 cm³/mol. The molecule has 2 atom stereocenters. The van der Waals surface area contributed by atoms with E-state index in [1.807, 2.05) is 12.1 Å². The third-order valence-electron chi connectivity index (χ3n) is 4.48. The highest BCUT2D eigenvalue weighted by Gasteiger charge is 2.31. The summed E-state index contributed by atoms with van der Waals surface area (Å²) < 4.78 is 13.2. The van der Waals surface area contributed by atoms with Crippen molar-refractivity contribution in [2.45, 2.75) is 25.7 Å². The molecule has 1 aliphatic rings. The van der Waals surface area contributed by atoms with E-state index in [0.29, 0.717) is 6.42 Å². The average molecular weight is 337 g/mol. The first-order valence-corrected chi connectivity index (χ1v) is 8.27. The smallest absolute Gasteiger partial charge is 0.244 e. The molecule has 0 radical (unpaired) electrons. The molecule has 0 fully saturated rings. The zero-order chi connectivity index (χ0) is 17.6. The van der Waals surface area contributed by atoms with Crippen LogP contribution in [0.1, 0.15) is 36.8 Å². The van der Waals surface area contributed by atoms with Gasteiger partial charge in [0.15, 0.2) is 0 Å². The van der Waals surface area contributed by atoms with Gasteiger partial charge < -0.3 is 0 Å². The van der Waals surface area contributed by atoms with Crippen LogP contribution in [0.2, 0.25) is 0 Å². The largest absolute Gasteiger partial charge is 0.273 e. The number of hydrazone groups is 1. The van der Waals surface area contributed by atoms with Gasteiger partial charge in [-0.25, -0.2) is 9.82 Å². The minimum absolute atomic E-state index is 0.0294. The van der Waals surface area contributed by atoms with Crippen LogP contribution in [0.3, 0.4) is 0 Å². The van der Waals surface area contributed by atoms with Crippen molar-refractivity contribution in [1.82, 2.24) is 10.4 Å². The van der Waals surface area contributed by atoms with Gasteiger partial charge in [-0.2, -0.15) is 5.10 Å². The van der Waals surface area contributed by atoms with Gasteiger partial charge in [-0.1, -0.05) is 23.8 Å². The van der Waals surface area contributed by atoms with Gasteiger partial charge in [0.1, 0.15) is 5.82 Å². The van der Waals surface area contributed by atoms with Crippen LogP contribution >= 0.6 is 0 Å². The SMILES string of the molecule is CC1=CC[C@@H](C(=O)N/N=C\c2ccncc2)[C@@H](c2ccc(F)cc2)C1. The molecule has 0 unspecified atom stereocenters. The molecule has 1 N–H and O–H groups in total. The van der Waals surface area contributed by atoms with Gasteiger partial charge in [-0.3, -0.25) is 9.78 Å². The van der Waals surface area contributed by atoms with Gasteiger partial charge in [0.2, 0.25) is 5.91 Å². The summed E-state index contributed by atoms with van der Waals surface area (Å²) in [5.74, 6) is -0.580. The molecule has 1 aromatic carbocycles. The highest BCUT2D eigenvalue weighted by molar-refractivity contribution is 5.84. The molecule has 0 saturated heterocycles. The number of nitrogens with one attached hydrogen (secondary N) is 1. The summed E-state index contributed by atoms with van der Waals surface area (Å²) in [5.41, 5.74) is 5.73. The third-order valence-corrected chi connectivity index (χ3v) is 4.48. The van der Waals surface area contributed by atoms with Crippen LogP contribution in [0.5, 0.6) is 0 Å². The molecule has 1 aliphatic carbocycles. The van der Waals surface area contributed by atoms with Crippen molar-refractivity contribution in [3.63, 3.8) is 0 Å². The number of hydrogen-bond donors (Lipinski definition) is 1. The molecule has 2 aromatic rings. The van der Waals surface area contributed by atoms with Gasteiger partial charge in [-0.05, 0) is 61.1 Å². The molecule has 128 valence electrons. The Morgan fingerprint density at radius 3 is 2.68 bits per heavy atom. The molecule has 1 heterocycles. The van der Waals surface area contributed by atoms with E-state index in [9.17, 15) is 9.18 Å². The van der Waals surface area contributed by atoms with E-state index in [4.69, 9.17) is 0 Å². The summed E-state index contributed by atoms with van der Waals surface area (Å²) in [4.78, 5) is 16.5. The molecule has 1 aromatic heterocycles. The number of rotatable bonds is 4. The summed E-state index contributed by atoms with van der Waals surface area (Å²) >= 11 is 0. The number of nitrogens with zero attached hydrogens (tertiary/aromatic N) is 2. The minimum Gasteiger partial charge on any atom is -0.273 e. The number of hydrogen-bond acceptors (Lipinski definition) is 3. The summed E-state index contributed by atoms with van der Waals surface area (Å²) in [6.45, 7) is 2.06. The molecule has 0 aliphatic heterocycles. The summed E-state index contributed by atoms with van der Waals surface area (Å²) in [6, 6.07) is 10.0. The van der Waals surface area contributed by atoms with Crippen molar-refractivity contribution < 1.29 is 9.18 Å². The molecule has 25 heavy (non-hydrogen) atoms. The van der Waals surface area contributed by atoms with E-state index in [0.717, 1.165) is 17.5 Å². The number of carbonyl (C=O) groups is 1. The van der Waals surface area contributed by atoms with Crippen LogP contribution in [-0.4, -0.2) is 17.1 Å². The lowest BCUT2D eigenvalue weighted by molar-refractivity contribution is -0.125. The van der Waals surface area contributed by atoms with Gasteiger partial charge in [0.25, 0.3) is 0 Å². The summed E-state index contributed by atoms with van der Waals surface area (Å²) in [7, 11) is 0. The third kappa shape index (κ3) is 4.38. The van der Waals surface area contributed by atoms with Crippen molar-refractivity contribution in [3.05, 3.63) is 77.4 Å². The number of carbonyl (C=O) groups excluding carboxylic acids is 1. The van der Waals surface area contributed by atoms with Crippen LogP contribution in [-0.2, 0) is 4.79 Å². The number of allylic oxidation sites excluding steroid dienone is 2. The van der Waals surface area contributed by atoms with Crippen molar-refractivity contribution >= 4 is 12.1 Å². The zero-order valence-corrected chi connectivity index (χ0v) is 14.0. The fourth-order valence-corrected chi connectivity index (χ4v) is 3.12. The highest BCUT2D eigenvalue weighted by Crippen LogP contribution is 2.37. The van der Waals surface area contributed by atoms with E-state index in [2.05, 4.69) is 28.5 Å². The van der Waals surface area contributed by atoms with Crippen molar-refractivity contribution in [2.24, 2.45) is 11.0 Å². The van der Waals surface area contributed by atoms with Crippen LogP contribution < -0.4 is 5.43 Å². The standard InChI is InChI=1S/C20H20FN3O/c1-14-2-7-18(19(12-14)16-3-5-17(21)6-4-16)20(25)24-23-13-15-8-10-22-11-9-15/h2-6,8-11,13,18-19H,7,12H2,1H3,(H,24,25)/b23-13-/t18-,19-/m1/s1. The fourth-order valence-electron chi connectivity index (χ4n) is 3.12. The van der Waals surface area contributed by atoms with E-state index < -0.39 is 0 Å². The molecule has 3 rings (SSSR count). The van der Waals surface area contributed by atoms with Crippen LogP contribution in [0, 0.1) is 11.7 Å². The van der Waals surface area contributed by atoms with E-state index in [1.165, 1.54) is 17.7 Å². The first-order valence-electron chi connectivity index (χ1n) is 8.27. The molecule has 4 nitrogen and oxygen atoms in total. The molecular formula is C20H20FN3O. The quantitative estimate of drug-likeness (QED) is 0.524. The second-order valence-electron chi connectivity index (χ2n) is 6.27. The lowest BCUT2D eigenvalue weighted by Crippen LogP contribution is -2.33. The van der Waals surface area contributed by atoms with Crippen LogP contribution in [0.4, 0.5) is 4.39 Å². The number of aromatic nitrogens is 1. The predicted octanol–water partition coefficient (Wildman–Crippen LogP) is 3.81. The number of pyridine rings is 1. The second-order valence-corrected chi connectivity index (χ2v) is 6.27. The van der Waals surface area contributed by atoms with Gasteiger partial charge in [0.05, 0.1) is 12.1 Å². The average Bonchev–Trinajstić information content (AvgIpc) is 2.63. The molecular weight excluding hydrogens is 317 g/mol. The number of amides is 1. The Morgan fingerprint density at radius 2 is 1.96 bits per heavy atom. The van der Waals surface area contributed by atoms with Crippen molar-refractivity contribution in [1.29, 1.82) is 0 Å². The Balaban J connectivity index is 1.72. The molecule has 0 bridgehead atoms. The lowest BCUT2D eigenvalue weighted by Gasteiger charge is -2.29. The number of benzene rings is 1. The Bertz CT molecular complexity index is 784. The van der Waals surface area contributed by atoms with E-state index in [1.54, 1.807) is 30.7 Å². The van der Waals surface area contributed by atoms with Crippen LogP contribution in [0.25, 0.3) is 0 Å². The van der Waals surface area contributed by atoms with E-state index >= 15 is 0 Å². The molecule has 1 amide bonds. The summed E-state index contributed by atoms with van der Waals surface area (Å²) in [5, 5.41) is 4.04. The summed E-state index contributed by atoms with van der Waals surface area (Å²) in [6.07, 6.45) is 8.47. The zero-order valence-electron chi connectivity index (χ0n) is 14.0. The fraction of sp³-hybridized carbons (Fsp3) is 0.250. The lowest BCUT2D eigenvalue weighted by atomic mass is 9.75. The van der Waals surface area contributed by atoms with E-state index in [-0.39, 0.29) is 23.6 Å². The Hall–Kier alpha value is -2.82. The van der Waals surface area contributed by atoms with Crippen molar-refractivity contribution in [2.75, 3.05) is 0 Å². The van der Waals surface area contributed by atoms with Gasteiger partial charge in [0, 0.05) is 12.4 Å². The maximum atomic E-state index is 13.2. The maximum absolute atomic E-state index is 13.2. The Morgan fingerprint density at radius 1 is 1.24 bits per heavy atom. The van der Waals surface area contributed by atoms with Crippen molar-refractivity contribution in [3.8, 4) is 0 Å². The Labute approximate surface area is 146 Å². The Kier molecular flexibility index (Phi) is 5.33. The van der Waals surface area contributed by atoms with Crippen LogP contribution in [0.15, 0.2) is 65.5 Å². The highest BCUT2D eigenvalue weighted by atomic mass is 19.1. The van der Waals surface area contributed by atoms with Gasteiger partial charge >= 0.3 is 0 Å². The molecule has 0 spiro atoms. The van der Waals surface area contributed by atoms with Gasteiger partial charge in [-0.15, -0.1) is 0 Å². The first-order chi connectivity index (χ1) is 12.1. The minimum atomic E-state index is -0.269. The topological polar surface area (TPSA) is 54.4 Å². The number of halogens is 1. The maximum Gasteiger partial charge on any atom is 0.244 e. The molecule has 0 saturated carbocycles. The first kappa shape index (κ1) is 17.0. The second kappa shape index (κ2) is 7.83.